The van der Waals surface area contributed by atoms with Crippen LogP contribution in [0.15, 0.2) is 53.7 Å². The van der Waals surface area contributed by atoms with Gasteiger partial charge in [-0.15, -0.1) is 10.2 Å². The van der Waals surface area contributed by atoms with Gasteiger partial charge in [-0.05, 0) is 70.0 Å². The van der Waals surface area contributed by atoms with Crippen molar-refractivity contribution < 1.29 is 9.59 Å². The SMILES string of the molecule is CC(C)c1cc(I)ccc1NC(=O)CSc1nnc(CNC(=O)/C=C/c2ccccc2Cl)n1C. The number of hydrogen-bond acceptors (Lipinski definition) is 5. The van der Waals surface area contributed by atoms with Crippen molar-refractivity contribution in [3.8, 4) is 0 Å². The van der Waals surface area contributed by atoms with Crippen LogP contribution in [0.5, 0.6) is 0 Å². The number of nitrogens with zero attached hydrogens (tertiary/aromatic N) is 3. The number of thioether (sulfide) groups is 1. The highest BCUT2D eigenvalue weighted by Crippen LogP contribution is 2.26. The highest BCUT2D eigenvalue weighted by molar-refractivity contribution is 14.1. The van der Waals surface area contributed by atoms with E-state index < -0.39 is 0 Å². The van der Waals surface area contributed by atoms with Crippen molar-refractivity contribution >= 4 is 69.5 Å². The predicted molar refractivity (Wildman–Crippen MR) is 146 cm³/mol. The monoisotopic (exact) mass is 609 g/mol. The summed E-state index contributed by atoms with van der Waals surface area (Å²) in [5.74, 6) is 0.698. The fourth-order valence-electron chi connectivity index (χ4n) is 3.07. The molecule has 1 aromatic heterocycles. The molecule has 0 saturated carbocycles. The van der Waals surface area contributed by atoms with E-state index in [1.165, 1.54) is 17.8 Å². The van der Waals surface area contributed by atoms with E-state index in [1.54, 1.807) is 23.8 Å². The Bertz CT molecular complexity index is 1210. The first-order chi connectivity index (χ1) is 16.2. The molecule has 1 heterocycles. The molecule has 2 amide bonds. The van der Waals surface area contributed by atoms with Gasteiger partial charge in [0.1, 0.15) is 0 Å². The maximum Gasteiger partial charge on any atom is 0.244 e. The number of carbonyl (C=O) groups is 2. The summed E-state index contributed by atoms with van der Waals surface area (Å²) in [6, 6.07) is 13.3. The highest BCUT2D eigenvalue weighted by atomic mass is 127. The minimum absolute atomic E-state index is 0.115. The molecule has 7 nitrogen and oxygen atoms in total. The fraction of sp³-hybridized carbons (Fsp3) is 0.250. The summed E-state index contributed by atoms with van der Waals surface area (Å²) in [5.41, 5.74) is 2.69. The zero-order valence-corrected chi connectivity index (χ0v) is 22.7. The van der Waals surface area contributed by atoms with Gasteiger partial charge in [0, 0.05) is 27.4 Å². The maximum absolute atomic E-state index is 12.5. The van der Waals surface area contributed by atoms with Crippen LogP contribution in [-0.4, -0.2) is 32.3 Å². The molecule has 0 spiro atoms. The molecule has 0 saturated heterocycles. The van der Waals surface area contributed by atoms with Gasteiger partial charge < -0.3 is 15.2 Å². The normalized spacial score (nSPS) is 11.2. The van der Waals surface area contributed by atoms with Gasteiger partial charge in [-0.1, -0.05) is 55.4 Å². The van der Waals surface area contributed by atoms with Gasteiger partial charge in [-0.3, -0.25) is 9.59 Å². The van der Waals surface area contributed by atoms with Crippen LogP contribution in [0.25, 0.3) is 6.08 Å². The number of amides is 2. The second-order valence-corrected chi connectivity index (χ2v) is 10.3. The summed E-state index contributed by atoms with van der Waals surface area (Å²) >= 11 is 9.65. The molecule has 2 aromatic carbocycles. The molecule has 2 N–H and O–H groups in total. The van der Waals surface area contributed by atoms with Crippen LogP contribution in [0, 0.1) is 3.57 Å². The average molecular weight is 610 g/mol. The molecular weight excluding hydrogens is 585 g/mol. The Balaban J connectivity index is 1.52. The third-order valence-electron chi connectivity index (χ3n) is 4.91. The fourth-order valence-corrected chi connectivity index (χ4v) is 4.51. The molecular formula is C24H25ClIN5O2S. The minimum Gasteiger partial charge on any atom is -0.345 e. The van der Waals surface area contributed by atoms with Gasteiger partial charge in [0.15, 0.2) is 11.0 Å². The van der Waals surface area contributed by atoms with Gasteiger partial charge >= 0.3 is 0 Å². The van der Waals surface area contributed by atoms with E-state index in [0.29, 0.717) is 21.9 Å². The van der Waals surface area contributed by atoms with Crippen molar-refractivity contribution in [2.24, 2.45) is 7.05 Å². The lowest BCUT2D eigenvalue weighted by Gasteiger charge is -2.14. The highest BCUT2D eigenvalue weighted by Gasteiger charge is 2.14. The molecule has 0 aliphatic heterocycles. The van der Waals surface area contributed by atoms with Crippen LogP contribution in [0.4, 0.5) is 5.69 Å². The summed E-state index contributed by atoms with van der Waals surface area (Å²) < 4.78 is 2.90. The molecule has 0 unspecified atom stereocenters. The molecule has 0 fully saturated rings. The zero-order valence-electron chi connectivity index (χ0n) is 19.0. The Kier molecular flexibility index (Phi) is 9.54. The lowest BCUT2D eigenvalue weighted by Crippen LogP contribution is -2.22. The van der Waals surface area contributed by atoms with E-state index in [1.807, 2.05) is 30.3 Å². The smallest absolute Gasteiger partial charge is 0.244 e. The van der Waals surface area contributed by atoms with Crippen molar-refractivity contribution in [1.29, 1.82) is 0 Å². The lowest BCUT2D eigenvalue weighted by molar-refractivity contribution is -0.116. The van der Waals surface area contributed by atoms with Crippen LogP contribution < -0.4 is 10.6 Å². The number of nitrogens with one attached hydrogen (secondary N) is 2. The number of anilines is 1. The summed E-state index contributed by atoms with van der Waals surface area (Å²) in [7, 11) is 1.80. The Hall–Kier alpha value is -2.37. The van der Waals surface area contributed by atoms with E-state index in [4.69, 9.17) is 11.6 Å². The van der Waals surface area contributed by atoms with E-state index in [0.717, 1.165) is 20.4 Å². The van der Waals surface area contributed by atoms with Crippen molar-refractivity contribution in [2.45, 2.75) is 31.5 Å². The summed E-state index contributed by atoms with van der Waals surface area (Å²) in [6.45, 7) is 4.41. The molecule has 0 radical (unpaired) electrons. The Morgan fingerprint density at radius 2 is 1.97 bits per heavy atom. The first kappa shape index (κ1) is 26.2. The van der Waals surface area contributed by atoms with Crippen molar-refractivity contribution in [1.82, 2.24) is 20.1 Å². The second kappa shape index (κ2) is 12.4. The average Bonchev–Trinajstić information content (AvgIpc) is 3.16. The van der Waals surface area contributed by atoms with E-state index in [2.05, 4.69) is 63.3 Å². The number of aromatic nitrogens is 3. The topological polar surface area (TPSA) is 88.9 Å². The Labute approximate surface area is 221 Å². The van der Waals surface area contributed by atoms with Crippen LogP contribution in [0.3, 0.4) is 0 Å². The third-order valence-corrected chi connectivity index (χ3v) is 6.94. The molecule has 3 rings (SSSR count). The molecule has 0 aliphatic carbocycles. The van der Waals surface area contributed by atoms with Gasteiger partial charge in [-0.2, -0.15) is 0 Å². The molecule has 3 aromatic rings. The Morgan fingerprint density at radius 1 is 1.21 bits per heavy atom. The molecule has 0 bridgehead atoms. The van der Waals surface area contributed by atoms with Crippen molar-refractivity contribution in [2.75, 3.05) is 11.1 Å². The number of benzene rings is 2. The quantitative estimate of drug-likeness (QED) is 0.196. The van der Waals surface area contributed by atoms with Crippen LogP contribution in [0.2, 0.25) is 5.02 Å². The summed E-state index contributed by atoms with van der Waals surface area (Å²) in [6.07, 6.45) is 3.08. The van der Waals surface area contributed by atoms with Crippen LogP contribution in [-0.2, 0) is 23.2 Å². The standard InChI is InChI=1S/C24H25ClIN5O2S/c1-15(2)18-12-17(26)9-10-20(18)28-23(33)14-34-24-30-29-21(31(24)3)13-27-22(32)11-8-16-6-4-5-7-19(16)25/h4-12,15H,13-14H2,1-3H3,(H,27,32)(H,28,33)/b11-8+. The van der Waals surface area contributed by atoms with Crippen molar-refractivity contribution in [3.63, 3.8) is 0 Å². The van der Waals surface area contributed by atoms with Gasteiger partial charge in [0.05, 0.1) is 12.3 Å². The molecule has 34 heavy (non-hydrogen) atoms. The van der Waals surface area contributed by atoms with E-state index >= 15 is 0 Å². The number of carbonyl (C=O) groups excluding carboxylic acids is 2. The summed E-state index contributed by atoms with van der Waals surface area (Å²) in [5, 5.41) is 15.2. The molecule has 178 valence electrons. The largest absolute Gasteiger partial charge is 0.345 e. The first-order valence-corrected chi connectivity index (χ1v) is 13.0. The van der Waals surface area contributed by atoms with Crippen LogP contribution >= 0.6 is 46.0 Å². The second-order valence-electron chi connectivity index (χ2n) is 7.75. The van der Waals surface area contributed by atoms with Crippen molar-refractivity contribution in [3.05, 3.63) is 74.1 Å². The van der Waals surface area contributed by atoms with Gasteiger partial charge in [-0.25, -0.2) is 0 Å². The lowest BCUT2D eigenvalue weighted by atomic mass is 10.0. The maximum atomic E-state index is 12.5. The third kappa shape index (κ3) is 7.31. The minimum atomic E-state index is -0.269. The van der Waals surface area contributed by atoms with Crippen LogP contribution in [0.1, 0.15) is 36.7 Å². The van der Waals surface area contributed by atoms with E-state index in [-0.39, 0.29) is 24.1 Å². The first-order valence-electron chi connectivity index (χ1n) is 10.6. The van der Waals surface area contributed by atoms with Gasteiger partial charge in [0.25, 0.3) is 0 Å². The predicted octanol–water partition coefficient (Wildman–Crippen LogP) is 5.26. The number of hydrogen-bond donors (Lipinski definition) is 2. The summed E-state index contributed by atoms with van der Waals surface area (Å²) in [4.78, 5) is 24.7. The molecule has 0 aliphatic rings. The van der Waals surface area contributed by atoms with E-state index in [9.17, 15) is 9.59 Å². The number of rotatable bonds is 9. The zero-order chi connectivity index (χ0) is 24.7. The number of halogens is 2. The molecule has 0 atom stereocenters. The Morgan fingerprint density at radius 3 is 2.71 bits per heavy atom. The molecule has 10 heteroatoms. The van der Waals surface area contributed by atoms with Gasteiger partial charge in [0.2, 0.25) is 11.8 Å².